The Bertz CT molecular complexity index is 519. The van der Waals surface area contributed by atoms with Crippen molar-refractivity contribution in [3.8, 4) is 5.75 Å². The molecule has 20 heavy (non-hydrogen) atoms. The summed E-state index contributed by atoms with van der Waals surface area (Å²) >= 11 is 3.30. The molecular formula is C13H13BrF3NO2. The Morgan fingerprint density at radius 3 is 2.65 bits per heavy atom. The average Bonchev–Trinajstić information content (AvgIpc) is 2.78. The quantitative estimate of drug-likeness (QED) is 0.780. The van der Waals surface area contributed by atoms with Crippen LogP contribution in [0.1, 0.15) is 12.0 Å². The van der Waals surface area contributed by atoms with Crippen LogP contribution in [0.3, 0.4) is 0 Å². The van der Waals surface area contributed by atoms with E-state index in [2.05, 4.69) is 15.9 Å². The molecule has 1 aromatic carbocycles. The summed E-state index contributed by atoms with van der Waals surface area (Å²) in [6, 6.07) is 3.16. The zero-order valence-electron chi connectivity index (χ0n) is 10.7. The fraction of sp³-hybridized carbons (Fsp3) is 0.462. The Balaban J connectivity index is 2.41. The number of anilines is 1. The predicted octanol–water partition coefficient (Wildman–Crippen LogP) is 3.46. The molecule has 1 heterocycles. The molecule has 7 heteroatoms. The van der Waals surface area contributed by atoms with E-state index in [1.54, 1.807) is 0 Å². The Hall–Kier alpha value is -1.24. The highest BCUT2D eigenvalue weighted by Gasteiger charge is 2.35. The van der Waals surface area contributed by atoms with E-state index in [4.69, 9.17) is 4.74 Å². The van der Waals surface area contributed by atoms with E-state index < -0.39 is 11.7 Å². The highest BCUT2D eigenvalue weighted by atomic mass is 79.9. The van der Waals surface area contributed by atoms with E-state index in [1.807, 2.05) is 0 Å². The minimum Gasteiger partial charge on any atom is -0.495 e. The molecule has 0 spiro atoms. The maximum absolute atomic E-state index is 12.8. The topological polar surface area (TPSA) is 29.5 Å². The largest absolute Gasteiger partial charge is 0.495 e. The molecule has 0 aromatic heterocycles. The lowest BCUT2D eigenvalue weighted by Crippen LogP contribution is -2.25. The number of amides is 1. The zero-order chi connectivity index (χ0) is 14.9. The summed E-state index contributed by atoms with van der Waals surface area (Å²) in [7, 11) is 1.37. The number of hydrogen-bond donors (Lipinski definition) is 0. The van der Waals surface area contributed by atoms with Gasteiger partial charge in [0.2, 0.25) is 5.91 Å². The first kappa shape index (κ1) is 15.2. The monoisotopic (exact) mass is 351 g/mol. The van der Waals surface area contributed by atoms with Gasteiger partial charge in [-0.15, -0.1) is 0 Å². The molecule has 0 aliphatic carbocycles. The van der Waals surface area contributed by atoms with Gasteiger partial charge < -0.3 is 9.64 Å². The third kappa shape index (κ3) is 2.92. The standard InChI is InChI=1S/C13H13BrF3NO2/c1-20-11-3-2-9(13(15,16)17)5-10(11)18-7-8(6-14)4-12(18)19/h2-3,5,8H,4,6-7H2,1H3. The van der Waals surface area contributed by atoms with Crippen LogP contribution in [-0.2, 0) is 11.0 Å². The normalized spacial score (nSPS) is 19.6. The van der Waals surface area contributed by atoms with Crippen LogP contribution in [0.4, 0.5) is 18.9 Å². The van der Waals surface area contributed by atoms with Crippen molar-refractivity contribution in [1.82, 2.24) is 0 Å². The zero-order valence-corrected chi connectivity index (χ0v) is 12.3. The number of nitrogens with zero attached hydrogens (tertiary/aromatic N) is 1. The Kier molecular flexibility index (Phi) is 4.27. The molecule has 0 N–H and O–H groups in total. The number of halogens is 4. The molecule has 1 atom stereocenters. The third-order valence-electron chi connectivity index (χ3n) is 3.22. The predicted molar refractivity (Wildman–Crippen MR) is 72.3 cm³/mol. The van der Waals surface area contributed by atoms with Crippen LogP contribution < -0.4 is 9.64 Å². The number of rotatable bonds is 3. The van der Waals surface area contributed by atoms with E-state index in [0.717, 1.165) is 12.1 Å². The third-order valence-corrected chi connectivity index (χ3v) is 4.14. The van der Waals surface area contributed by atoms with E-state index in [9.17, 15) is 18.0 Å². The highest BCUT2D eigenvalue weighted by molar-refractivity contribution is 9.09. The number of carbonyl (C=O) groups excluding carboxylic acids is 1. The first-order valence-corrected chi connectivity index (χ1v) is 7.10. The van der Waals surface area contributed by atoms with Gasteiger partial charge in [-0.05, 0) is 24.1 Å². The summed E-state index contributed by atoms with van der Waals surface area (Å²) in [6.07, 6.45) is -4.12. The SMILES string of the molecule is COc1ccc(C(F)(F)F)cc1N1CC(CBr)CC1=O. The smallest absolute Gasteiger partial charge is 0.416 e. The summed E-state index contributed by atoms with van der Waals surface area (Å²) < 4.78 is 43.4. The maximum Gasteiger partial charge on any atom is 0.416 e. The fourth-order valence-corrected chi connectivity index (χ4v) is 2.63. The maximum atomic E-state index is 12.8. The number of benzene rings is 1. The van der Waals surface area contributed by atoms with Gasteiger partial charge in [-0.1, -0.05) is 15.9 Å². The lowest BCUT2D eigenvalue weighted by Gasteiger charge is -2.21. The van der Waals surface area contributed by atoms with Crippen LogP contribution in [0.25, 0.3) is 0 Å². The summed E-state index contributed by atoms with van der Waals surface area (Å²) in [5.41, 5.74) is -0.612. The van der Waals surface area contributed by atoms with Crippen LogP contribution in [-0.4, -0.2) is 24.9 Å². The van der Waals surface area contributed by atoms with Gasteiger partial charge in [-0.25, -0.2) is 0 Å². The van der Waals surface area contributed by atoms with E-state index >= 15 is 0 Å². The van der Waals surface area contributed by atoms with Gasteiger partial charge in [0.25, 0.3) is 0 Å². The van der Waals surface area contributed by atoms with Crippen molar-refractivity contribution >= 4 is 27.5 Å². The van der Waals surface area contributed by atoms with Gasteiger partial charge in [-0.2, -0.15) is 13.2 Å². The van der Waals surface area contributed by atoms with Crippen molar-refractivity contribution in [2.24, 2.45) is 5.92 Å². The molecule has 0 saturated carbocycles. The first-order valence-electron chi connectivity index (χ1n) is 5.98. The molecule has 0 bridgehead atoms. The second-order valence-corrected chi connectivity index (χ2v) is 5.26. The molecule has 1 aromatic rings. The van der Waals surface area contributed by atoms with Crippen molar-refractivity contribution in [2.75, 3.05) is 23.9 Å². The van der Waals surface area contributed by atoms with Crippen molar-refractivity contribution in [3.05, 3.63) is 23.8 Å². The van der Waals surface area contributed by atoms with Gasteiger partial charge in [-0.3, -0.25) is 4.79 Å². The molecule has 110 valence electrons. The van der Waals surface area contributed by atoms with E-state index in [0.29, 0.717) is 18.3 Å². The van der Waals surface area contributed by atoms with Crippen LogP contribution in [0.15, 0.2) is 18.2 Å². The fourth-order valence-electron chi connectivity index (χ4n) is 2.20. The lowest BCUT2D eigenvalue weighted by molar-refractivity contribution is -0.137. The van der Waals surface area contributed by atoms with Gasteiger partial charge in [0.1, 0.15) is 5.75 Å². The minimum absolute atomic E-state index is 0.0988. The van der Waals surface area contributed by atoms with Crippen molar-refractivity contribution in [3.63, 3.8) is 0 Å². The molecule has 0 radical (unpaired) electrons. The molecular weight excluding hydrogens is 339 g/mol. The van der Waals surface area contributed by atoms with Crippen molar-refractivity contribution < 1.29 is 22.7 Å². The summed E-state index contributed by atoms with van der Waals surface area (Å²) in [5, 5.41) is 0.635. The number of hydrogen-bond acceptors (Lipinski definition) is 2. The molecule has 1 fully saturated rings. The molecule has 1 aliphatic rings. The van der Waals surface area contributed by atoms with Gasteiger partial charge in [0.05, 0.1) is 18.4 Å². The van der Waals surface area contributed by atoms with E-state index in [-0.39, 0.29) is 23.3 Å². The van der Waals surface area contributed by atoms with Crippen LogP contribution in [0, 0.1) is 5.92 Å². The molecule has 1 unspecified atom stereocenters. The van der Waals surface area contributed by atoms with Gasteiger partial charge >= 0.3 is 6.18 Å². The minimum atomic E-state index is -4.45. The Labute approximate surface area is 122 Å². The summed E-state index contributed by atoms with van der Waals surface area (Å²) in [4.78, 5) is 13.3. The van der Waals surface area contributed by atoms with Crippen molar-refractivity contribution in [2.45, 2.75) is 12.6 Å². The molecule has 1 saturated heterocycles. The number of methoxy groups -OCH3 is 1. The van der Waals surface area contributed by atoms with Crippen LogP contribution in [0.2, 0.25) is 0 Å². The highest BCUT2D eigenvalue weighted by Crippen LogP contribution is 2.38. The number of ether oxygens (including phenoxy) is 1. The Morgan fingerprint density at radius 1 is 1.45 bits per heavy atom. The lowest BCUT2D eigenvalue weighted by atomic mass is 10.1. The molecule has 1 amide bonds. The van der Waals surface area contributed by atoms with Gasteiger partial charge in [0, 0.05) is 18.3 Å². The number of carbonyl (C=O) groups is 1. The number of alkyl halides is 4. The average molecular weight is 352 g/mol. The van der Waals surface area contributed by atoms with Crippen LogP contribution in [0.5, 0.6) is 5.75 Å². The Morgan fingerprint density at radius 2 is 2.15 bits per heavy atom. The summed E-state index contributed by atoms with van der Waals surface area (Å²) in [6.45, 7) is 0.391. The summed E-state index contributed by atoms with van der Waals surface area (Å²) in [5.74, 6) is 0.176. The second-order valence-electron chi connectivity index (χ2n) is 4.61. The molecule has 2 rings (SSSR count). The van der Waals surface area contributed by atoms with Crippen LogP contribution >= 0.6 is 15.9 Å². The van der Waals surface area contributed by atoms with Gasteiger partial charge in [0.15, 0.2) is 0 Å². The van der Waals surface area contributed by atoms with Crippen molar-refractivity contribution in [1.29, 1.82) is 0 Å². The first-order chi connectivity index (χ1) is 9.36. The van der Waals surface area contributed by atoms with E-state index in [1.165, 1.54) is 18.1 Å². The second kappa shape index (κ2) is 5.63. The molecule has 1 aliphatic heterocycles. The molecule has 3 nitrogen and oxygen atoms in total.